The van der Waals surface area contributed by atoms with Crippen LogP contribution in [0.2, 0.25) is 0 Å². The summed E-state index contributed by atoms with van der Waals surface area (Å²) in [4.78, 5) is 22.8. The van der Waals surface area contributed by atoms with Gasteiger partial charge in [0.15, 0.2) is 0 Å². The fraction of sp³-hybridized carbons (Fsp3) is 0.389. The maximum atomic E-state index is 10.8. The smallest absolute Gasteiger partial charge is 0.326 e. The molecule has 0 aliphatic carbocycles. The predicted octanol–water partition coefficient (Wildman–Crippen LogP) is 3.19. The second kappa shape index (κ2) is 14.1. The molecule has 7 heteroatoms. The van der Waals surface area contributed by atoms with Crippen LogP contribution in [0.25, 0.3) is 6.08 Å². The number of allylic oxidation sites excluding steroid dienone is 3. The van der Waals surface area contributed by atoms with E-state index in [1.807, 2.05) is 26.0 Å². The van der Waals surface area contributed by atoms with Crippen LogP contribution in [0.3, 0.4) is 0 Å². The molecular weight excluding hydrogens is 340 g/mol. The standard InChI is InChI=1S/C10H11NS.C8H15NO4/c1-9(6-7-11)4-5-10-3-2-8-12-10;1-3-4-7(10)13-5-6(9)8(11)12-2/h2-8,11H,1H3;6H,3-5,9H2,1-2H3/b5-4+,9-6+,11-7?;. The summed E-state index contributed by atoms with van der Waals surface area (Å²) in [5.74, 6) is -0.925. The number of esters is 2. The molecule has 0 aromatic carbocycles. The van der Waals surface area contributed by atoms with Crippen molar-refractivity contribution in [2.75, 3.05) is 13.7 Å². The number of rotatable bonds is 8. The molecular formula is C18H26N2O4S. The van der Waals surface area contributed by atoms with Crippen LogP contribution in [0.15, 0.2) is 35.2 Å². The lowest BCUT2D eigenvalue weighted by Crippen LogP contribution is -2.36. The van der Waals surface area contributed by atoms with E-state index in [0.29, 0.717) is 12.8 Å². The summed E-state index contributed by atoms with van der Waals surface area (Å²) in [7, 11) is 1.23. The van der Waals surface area contributed by atoms with Gasteiger partial charge in [0.1, 0.15) is 12.6 Å². The lowest BCUT2D eigenvalue weighted by Gasteiger charge is -2.09. The maximum Gasteiger partial charge on any atom is 0.326 e. The lowest BCUT2D eigenvalue weighted by molar-refractivity contribution is -0.149. The first kappa shape index (κ1) is 22.8. The number of carbonyl (C=O) groups excluding carboxylic acids is 2. The third kappa shape index (κ3) is 11.9. The van der Waals surface area contributed by atoms with E-state index in [4.69, 9.17) is 15.9 Å². The first-order valence-corrected chi connectivity index (χ1v) is 8.70. The van der Waals surface area contributed by atoms with Gasteiger partial charge in [0.05, 0.1) is 7.11 Å². The Kier molecular flexibility index (Phi) is 12.9. The highest BCUT2D eigenvalue weighted by Gasteiger charge is 2.15. The Morgan fingerprint density at radius 2 is 2.16 bits per heavy atom. The molecule has 1 unspecified atom stereocenters. The van der Waals surface area contributed by atoms with Crippen molar-refractivity contribution in [3.05, 3.63) is 40.1 Å². The van der Waals surface area contributed by atoms with Gasteiger partial charge in [0.25, 0.3) is 0 Å². The number of hydrogen-bond acceptors (Lipinski definition) is 7. The average molecular weight is 366 g/mol. The molecule has 1 aromatic heterocycles. The van der Waals surface area contributed by atoms with Crippen molar-refractivity contribution in [3.63, 3.8) is 0 Å². The molecule has 6 nitrogen and oxygen atoms in total. The van der Waals surface area contributed by atoms with Gasteiger partial charge in [-0.25, -0.2) is 0 Å². The first-order valence-electron chi connectivity index (χ1n) is 7.82. The Morgan fingerprint density at radius 3 is 2.68 bits per heavy atom. The van der Waals surface area contributed by atoms with Gasteiger partial charge in [-0.1, -0.05) is 19.1 Å². The summed E-state index contributed by atoms with van der Waals surface area (Å²) in [6.45, 7) is 3.72. The Balaban J connectivity index is 0.000000462. The summed E-state index contributed by atoms with van der Waals surface area (Å²) in [5.41, 5.74) is 6.42. The van der Waals surface area contributed by atoms with E-state index in [0.717, 1.165) is 5.57 Å². The summed E-state index contributed by atoms with van der Waals surface area (Å²) >= 11 is 1.71. The fourth-order valence-corrected chi connectivity index (χ4v) is 2.08. The fourth-order valence-electron chi connectivity index (χ4n) is 1.47. The zero-order valence-corrected chi connectivity index (χ0v) is 15.7. The third-order valence-corrected chi connectivity index (χ3v) is 3.62. The van der Waals surface area contributed by atoms with Crippen molar-refractivity contribution in [1.29, 1.82) is 5.41 Å². The zero-order valence-electron chi connectivity index (χ0n) is 14.9. The summed E-state index contributed by atoms with van der Waals surface area (Å²) in [6.07, 6.45) is 8.19. The molecule has 0 radical (unpaired) electrons. The van der Waals surface area contributed by atoms with E-state index in [9.17, 15) is 9.59 Å². The zero-order chi connectivity index (χ0) is 19.1. The van der Waals surface area contributed by atoms with Gasteiger partial charge in [-0.3, -0.25) is 9.59 Å². The Morgan fingerprint density at radius 1 is 1.44 bits per heavy atom. The van der Waals surface area contributed by atoms with Crippen LogP contribution in [0.4, 0.5) is 0 Å². The van der Waals surface area contributed by atoms with E-state index < -0.39 is 12.0 Å². The molecule has 0 bridgehead atoms. The quantitative estimate of drug-likeness (QED) is 0.418. The normalized spacial score (nSPS) is 12.1. The van der Waals surface area contributed by atoms with Crippen LogP contribution in [0, 0.1) is 5.41 Å². The number of nitrogens with one attached hydrogen (secondary N) is 1. The molecule has 1 heterocycles. The molecule has 1 rings (SSSR count). The van der Waals surface area contributed by atoms with Gasteiger partial charge in [-0.05, 0) is 42.5 Å². The minimum absolute atomic E-state index is 0.120. The van der Waals surface area contributed by atoms with Crippen LogP contribution in [0.1, 0.15) is 31.6 Å². The van der Waals surface area contributed by atoms with Crippen molar-refractivity contribution >= 4 is 35.6 Å². The molecule has 1 aromatic rings. The molecule has 0 amide bonds. The van der Waals surface area contributed by atoms with Gasteiger partial charge >= 0.3 is 11.9 Å². The van der Waals surface area contributed by atoms with Crippen LogP contribution < -0.4 is 5.73 Å². The van der Waals surface area contributed by atoms with Gasteiger partial charge in [0.2, 0.25) is 0 Å². The molecule has 3 N–H and O–H groups in total. The minimum atomic E-state index is -0.884. The highest BCUT2D eigenvalue weighted by atomic mass is 32.1. The number of hydrogen-bond donors (Lipinski definition) is 2. The SMILES string of the molecule is CC(/C=C/c1cccs1)=C\C=N.CCCC(=O)OCC(N)C(=O)OC. The monoisotopic (exact) mass is 366 g/mol. The second-order valence-corrected chi connectivity index (χ2v) is 5.97. The number of carbonyl (C=O) groups is 2. The molecule has 0 fully saturated rings. The predicted molar refractivity (Wildman–Crippen MR) is 102 cm³/mol. The Bertz CT molecular complexity index is 580. The topological polar surface area (TPSA) is 102 Å². The van der Waals surface area contributed by atoms with Crippen LogP contribution in [-0.4, -0.2) is 37.9 Å². The van der Waals surface area contributed by atoms with Gasteiger partial charge in [-0.2, -0.15) is 0 Å². The summed E-state index contributed by atoms with van der Waals surface area (Å²) in [5, 5.41) is 8.90. The van der Waals surface area contributed by atoms with Crippen molar-refractivity contribution in [1.82, 2.24) is 0 Å². The largest absolute Gasteiger partial charge is 0.468 e. The summed E-state index contributed by atoms with van der Waals surface area (Å²) in [6, 6.07) is 3.21. The summed E-state index contributed by atoms with van der Waals surface area (Å²) < 4.78 is 9.05. The van der Waals surface area contributed by atoms with Gasteiger partial charge < -0.3 is 20.6 Å². The van der Waals surface area contributed by atoms with E-state index >= 15 is 0 Å². The molecule has 25 heavy (non-hydrogen) atoms. The van der Waals surface area contributed by atoms with E-state index in [1.165, 1.54) is 18.2 Å². The van der Waals surface area contributed by atoms with Crippen molar-refractivity contribution in [2.45, 2.75) is 32.7 Å². The first-order chi connectivity index (χ1) is 11.9. The average Bonchev–Trinajstić information content (AvgIpc) is 3.12. The van der Waals surface area contributed by atoms with Crippen molar-refractivity contribution < 1.29 is 19.1 Å². The van der Waals surface area contributed by atoms with E-state index in [-0.39, 0.29) is 12.6 Å². The van der Waals surface area contributed by atoms with Gasteiger partial charge in [0, 0.05) is 17.5 Å². The molecule has 0 aliphatic heterocycles. The molecule has 1 atom stereocenters. The lowest BCUT2D eigenvalue weighted by atomic mass is 10.2. The van der Waals surface area contributed by atoms with Crippen LogP contribution >= 0.6 is 11.3 Å². The molecule has 0 aliphatic rings. The third-order valence-electron chi connectivity index (χ3n) is 2.78. The van der Waals surface area contributed by atoms with Crippen LogP contribution in [-0.2, 0) is 19.1 Å². The van der Waals surface area contributed by atoms with Crippen molar-refractivity contribution in [2.24, 2.45) is 5.73 Å². The highest BCUT2D eigenvalue weighted by Crippen LogP contribution is 2.11. The number of methoxy groups -OCH3 is 1. The Hall–Kier alpha value is -2.25. The van der Waals surface area contributed by atoms with Crippen molar-refractivity contribution in [3.8, 4) is 0 Å². The molecule has 0 saturated heterocycles. The van der Waals surface area contributed by atoms with Crippen LogP contribution in [0.5, 0.6) is 0 Å². The molecule has 138 valence electrons. The maximum absolute atomic E-state index is 10.8. The molecule has 0 saturated carbocycles. The minimum Gasteiger partial charge on any atom is -0.468 e. The Labute approximate surface area is 152 Å². The molecule has 0 spiro atoms. The number of thiophene rings is 1. The van der Waals surface area contributed by atoms with E-state index in [2.05, 4.69) is 22.3 Å². The number of ether oxygens (including phenoxy) is 2. The highest BCUT2D eigenvalue weighted by molar-refractivity contribution is 7.10. The van der Waals surface area contributed by atoms with E-state index in [1.54, 1.807) is 17.4 Å². The van der Waals surface area contributed by atoms with Gasteiger partial charge in [-0.15, -0.1) is 11.3 Å². The number of nitrogens with two attached hydrogens (primary N) is 1. The second-order valence-electron chi connectivity index (χ2n) is 4.99.